The van der Waals surface area contributed by atoms with Crippen molar-refractivity contribution in [2.45, 2.75) is 6.92 Å². The topological polar surface area (TPSA) is 161 Å². The summed E-state index contributed by atoms with van der Waals surface area (Å²) in [5.41, 5.74) is 1.32. The van der Waals surface area contributed by atoms with Crippen LogP contribution >= 0.6 is 11.8 Å². The minimum Gasteiger partial charge on any atom is -0.412 e. The summed E-state index contributed by atoms with van der Waals surface area (Å²) in [5, 5.41) is 0. The molecule has 0 aliphatic carbocycles. The Bertz CT molecular complexity index is 330. The fourth-order valence-corrected chi connectivity index (χ4v) is 0.534. The second-order valence-electron chi connectivity index (χ2n) is 2.21. The smallest absolute Gasteiger partial charge is 0.346 e. The molecule has 0 aliphatic rings. The van der Waals surface area contributed by atoms with Crippen LogP contribution in [-0.2, 0) is 10.3 Å². The maximum atomic E-state index is 9.31. The molecule has 0 spiro atoms. The molecule has 8 N–H and O–H groups in total. The standard InChI is InChI=1S/C7H8.ClH2NO3S.3H2O/c1-7-5-3-2-4-6-7;1-2-6(3,4)5;;;/h2-6H,1H3;2H,(H,3,4,5);3*1H2. The van der Waals surface area contributed by atoms with Crippen molar-refractivity contribution in [2.75, 3.05) is 0 Å². The van der Waals surface area contributed by atoms with Crippen LogP contribution in [0.5, 0.6) is 0 Å². The predicted octanol–water partition coefficient (Wildman–Crippen LogP) is -0.946. The maximum absolute atomic E-state index is 9.31. The van der Waals surface area contributed by atoms with Crippen LogP contribution < -0.4 is 4.24 Å². The molecule has 1 aromatic rings. The van der Waals surface area contributed by atoms with Gasteiger partial charge in [-0.2, -0.15) is 8.42 Å². The van der Waals surface area contributed by atoms with Gasteiger partial charge in [-0.15, -0.1) is 4.24 Å². The molecule has 0 radical (unpaired) electrons. The Hall–Kier alpha value is -0.740. The third-order valence-corrected chi connectivity index (χ3v) is 1.82. The second kappa shape index (κ2) is 12.3. The van der Waals surface area contributed by atoms with E-state index in [2.05, 4.69) is 30.8 Å². The van der Waals surface area contributed by atoms with Crippen molar-refractivity contribution in [3.05, 3.63) is 35.9 Å². The molecule has 9 heteroatoms. The fourth-order valence-electron chi connectivity index (χ4n) is 0.534. The minimum atomic E-state index is -4.15. The van der Waals surface area contributed by atoms with Gasteiger partial charge in [-0.3, -0.25) is 4.55 Å². The molecule has 0 saturated heterocycles. The zero-order chi connectivity index (χ0) is 10.3. The molecule has 0 saturated carbocycles. The number of aryl methyl sites for hydroxylation is 1. The molecule has 1 rings (SSSR count). The highest BCUT2D eigenvalue weighted by molar-refractivity contribution is 7.84. The minimum absolute atomic E-state index is 0. The number of benzene rings is 1. The average Bonchev–Trinajstić information content (AvgIpc) is 2.06. The summed E-state index contributed by atoms with van der Waals surface area (Å²) in [4.78, 5) is 0. The highest BCUT2D eigenvalue weighted by Gasteiger charge is 1.93. The lowest BCUT2D eigenvalue weighted by Crippen LogP contribution is -2.09. The van der Waals surface area contributed by atoms with Crippen LogP contribution in [0.3, 0.4) is 0 Å². The molecule has 0 aliphatic heterocycles. The van der Waals surface area contributed by atoms with E-state index in [1.165, 1.54) is 5.56 Å². The van der Waals surface area contributed by atoms with Crippen molar-refractivity contribution >= 4 is 22.1 Å². The zero-order valence-corrected chi connectivity index (χ0v) is 10.0. The van der Waals surface area contributed by atoms with Gasteiger partial charge in [0.05, 0.1) is 0 Å². The summed E-state index contributed by atoms with van der Waals surface area (Å²) in [7, 11) is -4.15. The number of rotatable bonds is 1. The summed E-state index contributed by atoms with van der Waals surface area (Å²) in [5.74, 6) is 0. The number of hydrogen-bond donors (Lipinski definition) is 2. The van der Waals surface area contributed by atoms with Crippen LogP contribution in [0.4, 0.5) is 0 Å². The van der Waals surface area contributed by atoms with Gasteiger partial charge in [0.1, 0.15) is 0 Å². The van der Waals surface area contributed by atoms with Gasteiger partial charge in [0.15, 0.2) is 0 Å². The first-order chi connectivity index (χ1) is 5.95. The summed E-state index contributed by atoms with van der Waals surface area (Å²) in [6, 6.07) is 10.3. The number of nitrogens with one attached hydrogen (secondary N) is 1. The maximum Gasteiger partial charge on any atom is 0.346 e. The summed E-state index contributed by atoms with van der Waals surface area (Å²) in [6.45, 7) is 2.08. The highest BCUT2D eigenvalue weighted by Crippen LogP contribution is 1.92. The van der Waals surface area contributed by atoms with Crippen LogP contribution in [-0.4, -0.2) is 29.4 Å². The fraction of sp³-hybridized carbons (Fsp3) is 0.143. The van der Waals surface area contributed by atoms with Crippen molar-refractivity contribution in [1.29, 1.82) is 0 Å². The lowest BCUT2D eigenvalue weighted by Gasteiger charge is -1.82. The molecule has 0 unspecified atom stereocenters. The normalized spacial score (nSPS) is 8.19. The average molecular weight is 278 g/mol. The Balaban J connectivity index is -0.0000000767. The quantitative estimate of drug-likeness (QED) is 0.501. The molecule has 0 amide bonds. The van der Waals surface area contributed by atoms with Crippen molar-refractivity contribution in [2.24, 2.45) is 0 Å². The van der Waals surface area contributed by atoms with Crippen LogP contribution in [0.15, 0.2) is 30.3 Å². The Labute approximate surface area is 99.0 Å². The van der Waals surface area contributed by atoms with Crippen LogP contribution in [0.25, 0.3) is 0 Å². The van der Waals surface area contributed by atoms with Crippen molar-refractivity contribution in [3.8, 4) is 0 Å². The molecule has 98 valence electrons. The first kappa shape index (κ1) is 24.5. The molecular formula is C7H16ClNO6S. The van der Waals surface area contributed by atoms with Crippen molar-refractivity contribution in [3.63, 3.8) is 0 Å². The summed E-state index contributed by atoms with van der Waals surface area (Å²) >= 11 is 4.39. The highest BCUT2D eigenvalue weighted by atomic mass is 35.5. The van der Waals surface area contributed by atoms with E-state index in [1.807, 2.05) is 18.2 Å². The molecule has 7 nitrogen and oxygen atoms in total. The third-order valence-electron chi connectivity index (χ3n) is 1.04. The summed E-state index contributed by atoms with van der Waals surface area (Å²) in [6.07, 6.45) is 0. The number of halogens is 1. The molecule has 0 heterocycles. The van der Waals surface area contributed by atoms with Crippen LogP contribution in [0.2, 0.25) is 0 Å². The van der Waals surface area contributed by atoms with Gasteiger partial charge in [-0.05, 0) is 18.7 Å². The van der Waals surface area contributed by atoms with Gasteiger partial charge in [-0.25, -0.2) is 0 Å². The molecule has 1 aromatic carbocycles. The first-order valence-corrected chi connectivity index (χ1v) is 5.14. The van der Waals surface area contributed by atoms with Gasteiger partial charge in [-0.1, -0.05) is 35.9 Å². The molecule has 0 atom stereocenters. The lowest BCUT2D eigenvalue weighted by molar-refractivity contribution is 0.480. The monoisotopic (exact) mass is 277 g/mol. The van der Waals surface area contributed by atoms with E-state index in [1.54, 1.807) is 0 Å². The third kappa shape index (κ3) is 18.9. The Morgan fingerprint density at radius 3 is 1.56 bits per heavy atom. The van der Waals surface area contributed by atoms with Crippen LogP contribution in [0, 0.1) is 6.92 Å². The summed E-state index contributed by atoms with van der Waals surface area (Å²) < 4.78 is 27.3. The van der Waals surface area contributed by atoms with E-state index in [0.717, 1.165) is 4.24 Å². The molecule has 0 bridgehead atoms. The van der Waals surface area contributed by atoms with E-state index >= 15 is 0 Å². The Morgan fingerprint density at radius 1 is 1.12 bits per heavy atom. The van der Waals surface area contributed by atoms with E-state index in [0.29, 0.717) is 0 Å². The SMILES string of the molecule is Cc1ccccc1.O.O.O.O=S(=O)(O)NCl. The predicted molar refractivity (Wildman–Crippen MR) is 62.6 cm³/mol. The lowest BCUT2D eigenvalue weighted by atomic mass is 10.2. The second-order valence-corrected chi connectivity index (χ2v) is 3.77. The van der Waals surface area contributed by atoms with Gasteiger partial charge < -0.3 is 16.4 Å². The van der Waals surface area contributed by atoms with Crippen LogP contribution in [0.1, 0.15) is 5.56 Å². The van der Waals surface area contributed by atoms with Crippen molar-refractivity contribution < 1.29 is 29.4 Å². The molecule has 0 fully saturated rings. The molecule has 0 aromatic heterocycles. The largest absolute Gasteiger partial charge is 0.412 e. The molecule has 16 heavy (non-hydrogen) atoms. The first-order valence-electron chi connectivity index (χ1n) is 3.32. The number of hydrogen-bond acceptors (Lipinski definition) is 2. The van der Waals surface area contributed by atoms with Crippen molar-refractivity contribution in [1.82, 2.24) is 4.24 Å². The van der Waals surface area contributed by atoms with Gasteiger partial charge >= 0.3 is 10.3 Å². The molecular weight excluding hydrogens is 262 g/mol. The van der Waals surface area contributed by atoms with E-state index < -0.39 is 10.3 Å². The van der Waals surface area contributed by atoms with Gasteiger partial charge in [0.25, 0.3) is 0 Å². The van der Waals surface area contributed by atoms with Gasteiger partial charge in [0, 0.05) is 0 Å². The Kier molecular flexibility index (Phi) is 18.9. The van der Waals surface area contributed by atoms with E-state index in [9.17, 15) is 8.42 Å². The van der Waals surface area contributed by atoms with E-state index in [-0.39, 0.29) is 16.4 Å². The van der Waals surface area contributed by atoms with Gasteiger partial charge in [0.2, 0.25) is 0 Å². The zero-order valence-electron chi connectivity index (χ0n) is 8.44. The van der Waals surface area contributed by atoms with E-state index in [4.69, 9.17) is 4.55 Å². The Morgan fingerprint density at radius 2 is 1.44 bits per heavy atom.